The first-order valence-electron chi connectivity index (χ1n) is 8.08. The lowest BCUT2D eigenvalue weighted by Crippen LogP contribution is -2.53. The van der Waals surface area contributed by atoms with E-state index in [-0.39, 0.29) is 0 Å². The number of hydrogen-bond donors (Lipinski definition) is 1. The largest absolute Gasteiger partial charge is 0.373 e. The van der Waals surface area contributed by atoms with E-state index in [1.54, 1.807) is 0 Å². The van der Waals surface area contributed by atoms with Crippen LogP contribution in [0.5, 0.6) is 0 Å². The summed E-state index contributed by atoms with van der Waals surface area (Å²) in [6.45, 7) is 7.60. The first-order valence-corrected chi connectivity index (χ1v) is 8.08. The van der Waals surface area contributed by atoms with Gasteiger partial charge in [-0.25, -0.2) is 9.97 Å². The summed E-state index contributed by atoms with van der Waals surface area (Å²) in [5, 5.41) is 3.19. The summed E-state index contributed by atoms with van der Waals surface area (Å²) in [5.41, 5.74) is 1.17. The molecule has 3 rings (SSSR count). The standard InChI is InChI=1S/C16H27N5/c1-11-15(17-3)18-12(2)19-16(11)21-9-7-14-13(10-21)6-5-8-20(14)4/h13-14H,5-10H2,1-4H3,(H,17,18,19). The summed E-state index contributed by atoms with van der Waals surface area (Å²) in [5.74, 6) is 3.71. The second kappa shape index (κ2) is 5.79. The summed E-state index contributed by atoms with van der Waals surface area (Å²) in [7, 11) is 4.21. The number of hydrogen-bond acceptors (Lipinski definition) is 5. The van der Waals surface area contributed by atoms with Crippen LogP contribution >= 0.6 is 0 Å². The van der Waals surface area contributed by atoms with Crippen LogP contribution in [-0.2, 0) is 0 Å². The van der Waals surface area contributed by atoms with Gasteiger partial charge in [-0.2, -0.15) is 0 Å². The molecule has 1 aromatic rings. The van der Waals surface area contributed by atoms with Crippen molar-refractivity contribution in [2.24, 2.45) is 5.92 Å². The number of aryl methyl sites for hydroxylation is 1. The van der Waals surface area contributed by atoms with Crippen LogP contribution in [0.1, 0.15) is 30.7 Å². The fourth-order valence-electron chi connectivity index (χ4n) is 4.01. The third-order valence-electron chi connectivity index (χ3n) is 5.11. The number of likely N-dealkylation sites (tertiary alicyclic amines) is 1. The normalized spacial score (nSPS) is 26.6. The van der Waals surface area contributed by atoms with Crippen molar-refractivity contribution in [2.45, 2.75) is 39.2 Å². The van der Waals surface area contributed by atoms with Crippen LogP contribution in [0.3, 0.4) is 0 Å². The first-order chi connectivity index (χ1) is 10.1. The molecule has 0 aromatic carbocycles. The van der Waals surface area contributed by atoms with Gasteiger partial charge in [-0.1, -0.05) is 0 Å². The average molecular weight is 289 g/mol. The zero-order valence-corrected chi connectivity index (χ0v) is 13.7. The van der Waals surface area contributed by atoms with E-state index in [0.717, 1.165) is 42.5 Å². The molecule has 0 amide bonds. The van der Waals surface area contributed by atoms with Crippen molar-refractivity contribution in [1.82, 2.24) is 14.9 Å². The van der Waals surface area contributed by atoms with Crippen LogP contribution in [0.25, 0.3) is 0 Å². The molecule has 2 aliphatic rings. The SMILES string of the molecule is CNc1nc(C)nc(N2CCC3C(CCCN3C)C2)c1C. The minimum atomic E-state index is 0.766. The van der Waals surface area contributed by atoms with Crippen LogP contribution in [-0.4, -0.2) is 54.6 Å². The number of aromatic nitrogens is 2. The molecule has 0 saturated carbocycles. The number of nitrogens with zero attached hydrogens (tertiary/aromatic N) is 4. The van der Waals surface area contributed by atoms with Crippen molar-refractivity contribution < 1.29 is 0 Å². The van der Waals surface area contributed by atoms with Crippen molar-refractivity contribution in [2.75, 3.05) is 43.9 Å². The van der Waals surface area contributed by atoms with E-state index < -0.39 is 0 Å². The minimum absolute atomic E-state index is 0.766. The van der Waals surface area contributed by atoms with Gasteiger partial charge in [0.1, 0.15) is 17.5 Å². The topological polar surface area (TPSA) is 44.3 Å². The molecule has 5 heteroatoms. The van der Waals surface area contributed by atoms with Gasteiger partial charge in [-0.05, 0) is 52.6 Å². The van der Waals surface area contributed by atoms with Crippen molar-refractivity contribution >= 4 is 11.6 Å². The maximum atomic E-state index is 4.72. The fourth-order valence-corrected chi connectivity index (χ4v) is 4.01. The van der Waals surface area contributed by atoms with E-state index in [4.69, 9.17) is 4.98 Å². The van der Waals surface area contributed by atoms with Gasteiger partial charge in [0.2, 0.25) is 0 Å². The molecule has 2 atom stereocenters. The predicted molar refractivity (Wildman–Crippen MR) is 87.0 cm³/mol. The number of anilines is 2. The highest BCUT2D eigenvalue weighted by Gasteiger charge is 2.35. The van der Waals surface area contributed by atoms with E-state index in [1.807, 2.05) is 14.0 Å². The lowest BCUT2D eigenvalue weighted by Gasteiger charge is -2.46. The molecule has 1 aromatic heterocycles. The molecular formula is C16H27N5. The zero-order valence-electron chi connectivity index (χ0n) is 13.7. The highest BCUT2D eigenvalue weighted by molar-refractivity contribution is 5.58. The highest BCUT2D eigenvalue weighted by Crippen LogP contribution is 2.33. The van der Waals surface area contributed by atoms with Crippen molar-refractivity contribution in [3.8, 4) is 0 Å². The number of nitrogens with one attached hydrogen (secondary N) is 1. The van der Waals surface area contributed by atoms with Crippen LogP contribution in [0, 0.1) is 19.8 Å². The van der Waals surface area contributed by atoms with Gasteiger partial charge >= 0.3 is 0 Å². The Balaban J connectivity index is 1.84. The van der Waals surface area contributed by atoms with Crippen molar-refractivity contribution in [1.29, 1.82) is 0 Å². The quantitative estimate of drug-likeness (QED) is 0.903. The highest BCUT2D eigenvalue weighted by atomic mass is 15.2. The predicted octanol–water partition coefficient (Wildman–Crippen LogP) is 2.06. The Labute approximate surface area is 127 Å². The zero-order chi connectivity index (χ0) is 15.0. The third-order valence-corrected chi connectivity index (χ3v) is 5.11. The smallest absolute Gasteiger partial charge is 0.137 e. The Kier molecular flexibility index (Phi) is 4.02. The van der Waals surface area contributed by atoms with E-state index in [9.17, 15) is 0 Å². The second-order valence-corrected chi connectivity index (χ2v) is 6.50. The molecule has 3 heterocycles. The van der Waals surface area contributed by atoms with Gasteiger partial charge < -0.3 is 15.1 Å². The second-order valence-electron chi connectivity index (χ2n) is 6.50. The van der Waals surface area contributed by atoms with Gasteiger partial charge in [0.15, 0.2) is 0 Å². The monoisotopic (exact) mass is 289 g/mol. The summed E-state index contributed by atoms with van der Waals surface area (Å²) in [6.07, 6.45) is 3.93. The Morgan fingerprint density at radius 3 is 2.71 bits per heavy atom. The Bertz CT molecular complexity index is 516. The molecule has 1 N–H and O–H groups in total. The molecular weight excluding hydrogens is 262 g/mol. The molecule has 2 aliphatic heterocycles. The van der Waals surface area contributed by atoms with Crippen LogP contribution in [0.15, 0.2) is 0 Å². The molecule has 0 radical (unpaired) electrons. The Hall–Kier alpha value is -1.36. The number of fused-ring (bicyclic) bond motifs is 1. The van der Waals surface area contributed by atoms with E-state index in [2.05, 4.69) is 34.1 Å². The van der Waals surface area contributed by atoms with E-state index >= 15 is 0 Å². The maximum Gasteiger partial charge on any atom is 0.137 e. The van der Waals surface area contributed by atoms with Gasteiger partial charge in [-0.3, -0.25) is 0 Å². The molecule has 2 unspecified atom stereocenters. The third kappa shape index (κ3) is 2.71. The van der Waals surface area contributed by atoms with Gasteiger partial charge in [-0.15, -0.1) is 0 Å². The summed E-state index contributed by atoms with van der Waals surface area (Å²) in [6, 6.07) is 0.766. The summed E-state index contributed by atoms with van der Waals surface area (Å²) >= 11 is 0. The molecule has 2 saturated heterocycles. The molecule has 0 spiro atoms. The number of rotatable bonds is 2. The van der Waals surface area contributed by atoms with E-state index in [1.165, 1.54) is 31.4 Å². The van der Waals surface area contributed by atoms with Gasteiger partial charge in [0.05, 0.1) is 0 Å². The molecule has 0 bridgehead atoms. The van der Waals surface area contributed by atoms with Crippen LogP contribution < -0.4 is 10.2 Å². The molecule has 116 valence electrons. The van der Waals surface area contributed by atoms with Gasteiger partial charge in [0.25, 0.3) is 0 Å². The van der Waals surface area contributed by atoms with Gasteiger partial charge in [0, 0.05) is 31.7 Å². The van der Waals surface area contributed by atoms with E-state index in [0.29, 0.717) is 0 Å². The number of piperidine rings is 2. The molecule has 5 nitrogen and oxygen atoms in total. The molecule has 21 heavy (non-hydrogen) atoms. The minimum Gasteiger partial charge on any atom is -0.373 e. The molecule has 2 fully saturated rings. The first kappa shape index (κ1) is 14.6. The summed E-state index contributed by atoms with van der Waals surface area (Å²) < 4.78 is 0. The average Bonchev–Trinajstić information content (AvgIpc) is 2.49. The molecule has 0 aliphatic carbocycles. The van der Waals surface area contributed by atoms with Crippen LogP contribution in [0.4, 0.5) is 11.6 Å². The fraction of sp³-hybridized carbons (Fsp3) is 0.750. The Morgan fingerprint density at radius 1 is 1.14 bits per heavy atom. The van der Waals surface area contributed by atoms with Crippen molar-refractivity contribution in [3.63, 3.8) is 0 Å². The lowest BCUT2D eigenvalue weighted by atomic mass is 9.84. The van der Waals surface area contributed by atoms with Crippen LogP contribution in [0.2, 0.25) is 0 Å². The summed E-state index contributed by atoms with van der Waals surface area (Å²) in [4.78, 5) is 14.2. The maximum absolute atomic E-state index is 4.72. The Morgan fingerprint density at radius 2 is 1.95 bits per heavy atom. The lowest BCUT2D eigenvalue weighted by molar-refractivity contribution is 0.102. The van der Waals surface area contributed by atoms with Crippen molar-refractivity contribution in [3.05, 3.63) is 11.4 Å².